The average Bonchev–Trinajstić information content (AvgIpc) is 2.54. The Morgan fingerprint density at radius 3 is 2.50 bits per heavy atom. The largest absolute Gasteiger partial charge is 0.368 e. The molecule has 0 fully saturated rings. The van der Waals surface area contributed by atoms with Gasteiger partial charge in [-0.1, -0.05) is 38.8 Å². The molecule has 3 aromatic heterocycles. The Morgan fingerprint density at radius 2 is 1.83 bits per heavy atom. The van der Waals surface area contributed by atoms with Gasteiger partial charge in [0.2, 0.25) is 5.95 Å². The van der Waals surface area contributed by atoms with Crippen molar-refractivity contribution in [3.63, 3.8) is 0 Å². The summed E-state index contributed by atoms with van der Waals surface area (Å²) in [7, 11) is 0. The molecule has 0 amide bonds. The minimum atomic E-state index is 0.279. The van der Waals surface area contributed by atoms with Crippen LogP contribution in [0.3, 0.4) is 0 Å². The van der Waals surface area contributed by atoms with Crippen molar-refractivity contribution in [2.45, 2.75) is 39.5 Å². The fourth-order valence-corrected chi connectivity index (χ4v) is 2.87. The molecule has 24 heavy (non-hydrogen) atoms. The van der Waals surface area contributed by atoms with Gasteiger partial charge in [0.1, 0.15) is 10.7 Å². The minimum Gasteiger partial charge on any atom is -0.368 e. The lowest BCUT2D eigenvalue weighted by atomic mass is 10.1. The lowest BCUT2D eigenvalue weighted by molar-refractivity contribution is 0.823. The first-order valence-corrected chi connectivity index (χ1v) is 8.47. The number of anilines is 1. The molecule has 0 aliphatic rings. The van der Waals surface area contributed by atoms with Gasteiger partial charge in [-0.05, 0) is 36.6 Å². The van der Waals surface area contributed by atoms with Gasteiger partial charge in [-0.25, -0.2) is 19.9 Å². The smallest absolute Gasteiger partial charge is 0.220 e. The Bertz CT molecular complexity index is 892. The van der Waals surface area contributed by atoms with Crippen molar-refractivity contribution in [2.75, 3.05) is 5.73 Å². The molecule has 0 aliphatic heterocycles. The van der Waals surface area contributed by atoms with Crippen molar-refractivity contribution < 1.29 is 0 Å². The predicted molar refractivity (Wildman–Crippen MR) is 98.1 cm³/mol. The van der Waals surface area contributed by atoms with Crippen molar-refractivity contribution in [1.29, 1.82) is 0 Å². The number of aromatic nitrogens is 4. The highest BCUT2D eigenvalue weighted by Gasteiger charge is 2.13. The summed E-state index contributed by atoms with van der Waals surface area (Å²) in [6.45, 7) is 6.27. The summed E-state index contributed by atoms with van der Waals surface area (Å²) in [5, 5.41) is 0.460. The van der Waals surface area contributed by atoms with Crippen LogP contribution in [-0.4, -0.2) is 19.9 Å². The lowest BCUT2D eigenvalue weighted by Crippen LogP contribution is -2.03. The van der Waals surface area contributed by atoms with Crippen LogP contribution < -0.4 is 5.73 Å². The molecule has 0 aliphatic carbocycles. The van der Waals surface area contributed by atoms with Gasteiger partial charge in [-0.3, -0.25) is 0 Å². The summed E-state index contributed by atoms with van der Waals surface area (Å²) < 4.78 is 0. The number of hydrogen-bond donors (Lipinski definition) is 1. The molecule has 0 saturated carbocycles. The van der Waals surface area contributed by atoms with E-state index in [0.29, 0.717) is 11.1 Å². The third kappa shape index (κ3) is 3.17. The molecule has 2 N–H and O–H groups in total. The van der Waals surface area contributed by atoms with Gasteiger partial charge in [0.25, 0.3) is 0 Å². The molecule has 3 rings (SSSR count). The number of hydrogen-bond acceptors (Lipinski definition) is 5. The molecule has 5 nitrogen and oxygen atoms in total. The molecular weight excluding hydrogens is 322 g/mol. The van der Waals surface area contributed by atoms with Crippen molar-refractivity contribution in [2.24, 2.45) is 0 Å². The second kappa shape index (κ2) is 6.69. The molecule has 3 heterocycles. The zero-order chi connectivity index (χ0) is 17.3. The first-order valence-electron chi connectivity index (χ1n) is 8.09. The van der Waals surface area contributed by atoms with Crippen LogP contribution in [0, 0.1) is 0 Å². The van der Waals surface area contributed by atoms with E-state index in [9.17, 15) is 0 Å². The lowest BCUT2D eigenvalue weighted by Gasteiger charge is -2.10. The van der Waals surface area contributed by atoms with Crippen LogP contribution in [0.4, 0.5) is 5.95 Å². The van der Waals surface area contributed by atoms with Gasteiger partial charge in [0, 0.05) is 11.3 Å². The molecule has 3 aromatic rings. The van der Waals surface area contributed by atoms with Crippen molar-refractivity contribution in [3.8, 4) is 11.3 Å². The summed E-state index contributed by atoms with van der Waals surface area (Å²) >= 11 is 6.38. The maximum Gasteiger partial charge on any atom is 0.220 e. The maximum atomic E-state index is 6.38. The summed E-state index contributed by atoms with van der Waals surface area (Å²) in [5.74, 6) is 0.607. The number of halogens is 1. The number of nitrogen functional groups attached to an aromatic ring is 1. The fraction of sp³-hybridized carbons (Fsp3) is 0.333. The maximum absolute atomic E-state index is 6.38. The van der Waals surface area contributed by atoms with Crippen LogP contribution in [0.2, 0.25) is 5.15 Å². The Balaban J connectivity index is 2.14. The summed E-state index contributed by atoms with van der Waals surface area (Å²) in [5.41, 5.74) is 10.7. The van der Waals surface area contributed by atoms with Crippen LogP contribution in [0.5, 0.6) is 0 Å². The van der Waals surface area contributed by atoms with Crippen LogP contribution in [-0.2, 0) is 6.42 Å². The fourth-order valence-electron chi connectivity index (χ4n) is 2.62. The van der Waals surface area contributed by atoms with Crippen LogP contribution >= 0.6 is 11.6 Å². The Kier molecular flexibility index (Phi) is 4.62. The molecule has 124 valence electrons. The third-order valence-corrected chi connectivity index (χ3v) is 4.14. The molecule has 0 saturated heterocycles. The van der Waals surface area contributed by atoms with E-state index in [-0.39, 0.29) is 5.95 Å². The van der Waals surface area contributed by atoms with Gasteiger partial charge < -0.3 is 5.73 Å². The summed E-state index contributed by atoms with van der Waals surface area (Å²) in [6.07, 6.45) is 1.76. The van der Waals surface area contributed by atoms with Crippen LogP contribution in [0.1, 0.15) is 44.5 Å². The highest BCUT2D eigenvalue weighted by atomic mass is 35.5. The van der Waals surface area contributed by atoms with Gasteiger partial charge in [0.05, 0.1) is 16.9 Å². The number of nitrogens with two attached hydrogens (primary N) is 1. The second-order valence-corrected chi connectivity index (χ2v) is 6.43. The first-order chi connectivity index (χ1) is 11.5. The zero-order valence-electron chi connectivity index (χ0n) is 14.0. The number of fused-ring (bicyclic) bond motifs is 1. The molecule has 0 aromatic carbocycles. The average molecular weight is 342 g/mol. The Hall–Kier alpha value is -2.27. The summed E-state index contributed by atoms with van der Waals surface area (Å²) in [4.78, 5) is 17.8. The van der Waals surface area contributed by atoms with E-state index in [0.717, 1.165) is 46.5 Å². The molecule has 6 heteroatoms. The second-order valence-electron chi connectivity index (χ2n) is 6.07. The van der Waals surface area contributed by atoms with E-state index in [1.807, 2.05) is 24.3 Å². The van der Waals surface area contributed by atoms with E-state index in [1.54, 1.807) is 0 Å². The SMILES string of the molecule is CCCc1nc(N)nc2ccc(-c3ccc(C(C)C)nc3Cl)nc12. The molecular formula is C18H20ClN5. The number of rotatable bonds is 4. The van der Waals surface area contributed by atoms with Gasteiger partial charge >= 0.3 is 0 Å². The topological polar surface area (TPSA) is 77.6 Å². The Labute approximate surface area is 146 Å². The molecule has 0 unspecified atom stereocenters. The van der Waals surface area contributed by atoms with E-state index in [1.165, 1.54) is 0 Å². The quantitative estimate of drug-likeness (QED) is 0.712. The highest BCUT2D eigenvalue weighted by Crippen LogP contribution is 2.29. The van der Waals surface area contributed by atoms with E-state index < -0.39 is 0 Å². The predicted octanol–water partition coefficient (Wildman–Crippen LogP) is 4.40. The molecule has 0 spiro atoms. The molecule has 0 bridgehead atoms. The van der Waals surface area contributed by atoms with E-state index in [4.69, 9.17) is 22.3 Å². The van der Waals surface area contributed by atoms with Gasteiger partial charge in [0.15, 0.2) is 0 Å². The zero-order valence-corrected chi connectivity index (χ0v) is 14.8. The van der Waals surface area contributed by atoms with Crippen LogP contribution in [0.25, 0.3) is 22.3 Å². The first kappa shape index (κ1) is 16.6. The van der Waals surface area contributed by atoms with Gasteiger partial charge in [-0.2, -0.15) is 0 Å². The normalized spacial score (nSPS) is 11.4. The monoisotopic (exact) mass is 341 g/mol. The Morgan fingerprint density at radius 1 is 1.04 bits per heavy atom. The summed E-state index contributed by atoms with van der Waals surface area (Å²) in [6, 6.07) is 7.75. The van der Waals surface area contributed by atoms with E-state index >= 15 is 0 Å². The van der Waals surface area contributed by atoms with Gasteiger partial charge in [-0.15, -0.1) is 0 Å². The minimum absolute atomic E-state index is 0.279. The van der Waals surface area contributed by atoms with Crippen molar-refractivity contribution >= 4 is 28.6 Å². The number of pyridine rings is 2. The number of nitrogens with zero attached hydrogens (tertiary/aromatic N) is 4. The molecule has 0 radical (unpaired) electrons. The van der Waals surface area contributed by atoms with E-state index in [2.05, 4.69) is 35.7 Å². The van der Waals surface area contributed by atoms with Crippen LogP contribution in [0.15, 0.2) is 24.3 Å². The number of aryl methyl sites for hydroxylation is 1. The third-order valence-electron chi connectivity index (χ3n) is 3.86. The van der Waals surface area contributed by atoms with Crippen molar-refractivity contribution in [3.05, 3.63) is 40.8 Å². The highest BCUT2D eigenvalue weighted by molar-refractivity contribution is 6.32. The standard InChI is InChI=1S/C18H20ClN5/c1-4-5-14-16-15(24-18(20)23-14)9-8-13(21-16)11-6-7-12(10(2)3)22-17(11)19/h6-10H,4-5H2,1-3H3,(H2,20,23,24). The van der Waals surface area contributed by atoms with Crippen molar-refractivity contribution in [1.82, 2.24) is 19.9 Å². The molecule has 0 atom stereocenters.